The fraction of sp³-hybridized carbons (Fsp3) is 0.118. The third-order valence-electron chi connectivity index (χ3n) is 3.49. The third kappa shape index (κ3) is 2.40. The number of hydrogen-bond acceptors (Lipinski definition) is 2. The Kier molecular flexibility index (Phi) is 3.44. The van der Waals surface area contributed by atoms with Crippen LogP contribution < -0.4 is 4.74 Å². The Balaban J connectivity index is 2.14. The minimum Gasteiger partial charge on any atom is -0.494 e. The molecule has 0 saturated heterocycles. The zero-order chi connectivity index (χ0) is 14.8. The number of halogens is 1. The number of aromatic nitrogens is 2. The Morgan fingerprint density at radius 3 is 2.52 bits per heavy atom. The highest BCUT2D eigenvalue weighted by atomic mass is 19.1. The second kappa shape index (κ2) is 5.40. The van der Waals surface area contributed by atoms with Crippen molar-refractivity contribution in [3.63, 3.8) is 0 Å². The van der Waals surface area contributed by atoms with Crippen LogP contribution in [0.5, 0.6) is 5.75 Å². The van der Waals surface area contributed by atoms with E-state index in [1.165, 1.54) is 13.2 Å². The normalized spacial score (nSPS) is 10.6. The molecule has 0 aliphatic rings. The Labute approximate surface area is 122 Å². The van der Waals surface area contributed by atoms with E-state index in [2.05, 4.69) is 9.97 Å². The Morgan fingerprint density at radius 2 is 1.86 bits per heavy atom. The molecule has 0 amide bonds. The van der Waals surface area contributed by atoms with Crippen LogP contribution in [-0.4, -0.2) is 17.1 Å². The summed E-state index contributed by atoms with van der Waals surface area (Å²) in [5, 5.41) is 0. The van der Waals surface area contributed by atoms with Gasteiger partial charge in [-0.15, -0.1) is 0 Å². The van der Waals surface area contributed by atoms with Crippen molar-refractivity contribution >= 4 is 0 Å². The Hall–Kier alpha value is -2.62. The van der Waals surface area contributed by atoms with Gasteiger partial charge in [-0.1, -0.05) is 0 Å². The molecule has 0 fully saturated rings. The lowest BCUT2D eigenvalue weighted by molar-refractivity contribution is 0.386. The maximum absolute atomic E-state index is 13.9. The van der Waals surface area contributed by atoms with Gasteiger partial charge >= 0.3 is 0 Å². The maximum Gasteiger partial charge on any atom is 0.165 e. The molecule has 1 N–H and O–H groups in total. The first-order valence-electron chi connectivity index (χ1n) is 6.63. The molecule has 0 bridgehead atoms. The van der Waals surface area contributed by atoms with E-state index in [1.54, 1.807) is 18.5 Å². The van der Waals surface area contributed by atoms with Crippen LogP contribution in [0.1, 0.15) is 5.56 Å². The summed E-state index contributed by atoms with van der Waals surface area (Å²) in [5.41, 5.74) is 4.89. The lowest BCUT2D eigenvalue weighted by Crippen LogP contribution is -1.90. The number of aromatic amines is 1. The van der Waals surface area contributed by atoms with E-state index in [4.69, 9.17) is 4.74 Å². The second-order valence-corrected chi connectivity index (χ2v) is 4.81. The summed E-state index contributed by atoms with van der Waals surface area (Å²) in [6.45, 7) is 2.02. The van der Waals surface area contributed by atoms with Crippen LogP contribution in [0.4, 0.5) is 4.39 Å². The lowest BCUT2D eigenvalue weighted by Gasteiger charge is -2.08. The van der Waals surface area contributed by atoms with Crippen LogP contribution in [0.3, 0.4) is 0 Å². The van der Waals surface area contributed by atoms with E-state index in [0.29, 0.717) is 0 Å². The smallest absolute Gasteiger partial charge is 0.165 e. The molecule has 1 aromatic carbocycles. The fourth-order valence-corrected chi connectivity index (χ4v) is 2.46. The predicted molar refractivity (Wildman–Crippen MR) is 80.7 cm³/mol. The van der Waals surface area contributed by atoms with Gasteiger partial charge in [-0.05, 0) is 48.4 Å². The van der Waals surface area contributed by atoms with E-state index in [1.807, 2.05) is 31.3 Å². The van der Waals surface area contributed by atoms with Crippen molar-refractivity contribution in [3.8, 4) is 28.1 Å². The Bertz CT molecular complexity index is 766. The molecule has 0 aliphatic heterocycles. The molecular formula is C17H15FN2O. The number of ether oxygens (including phenoxy) is 1. The van der Waals surface area contributed by atoms with Gasteiger partial charge in [0, 0.05) is 29.7 Å². The molecule has 0 radical (unpaired) electrons. The molecule has 0 saturated carbocycles. The quantitative estimate of drug-likeness (QED) is 0.781. The average Bonchev–Trinajstić information content (AvgIpc) is 2.90. The highest BCUT2D eigenvalue weighted by Crippen LogP contribution is 2.35. The highest BCUT2D eigenvalue weighted by Gasteiger charge is 2.14. The van der Waals surface area contributed by atoms with Gasteiger partial charge in [-0.2, -0.15) is 0 Å². The molecule has 2 heterocycles. The van der Waals surface area contributed by atoms with Gasteiger partial charge in [0.2, 0.25) is 0 Å². The van der Waals surface area contributed by atoms with Crippen molar-refractivity contribution < 1.29 is 9.13 Å². The van der Waals surface area contributed by atoms with Gasteiger partial charge in [-0.25, -0.2) is 4.39 Å². The number of hydrogen-bond donors (Lipinski definition) is 1. The number of nitrogens with one attached hydrogen (secondary N) is 1. The van der Waals surface area contributed by atoms with Crippen LogP contribution in [0.2, 0.25) is 0 Å². The van der Waals surface area contributed by atoms with Gasteiger partial charge in [0.05, 0.1) is 12.8 Å². The summed E-state index contributed by atoms with van der Waals surface area (Å²) >= 11 is 0. The molecule has 106 valence electrons. The molecule has 3 rings (SSSR count). The van der Waals surface area contributed by atoms with Crippen LogP contribution in [0.15, 0.2) is 48.9 Å². The summed E-state index contributed by atoms with van der Waals surface area (Å²) in [6, 6.07) is 8.85. The molecule has 3 nitrogen and oxygen atoms in total. The van der Waals surface area contributed by atoms with Crippen LogP contribution in [0.25, 0.3) is 22.4 Å². The highest BCUT2D eigenvalue weighted by molar-refractivity contribution is 5.83. The molecular weight excluding hydrogens is 267 g/mol. The van der Waals surface area contributed by atoms with Gasteiger partial charge in [0.1, 0.15) is 0 Å². The van der Waals surface area contributed by atoms with E-state index in [9.17, 15) is 4.39 Å². The SMILES string of the molecule is COc1ccc(-c2[nH]cc(C)c2-c2ccncc2)cc1F. The molecule has 3 aromatic rings. The average molecular weight is 282 g/mol. The second-order valence-electron chi connectivity index (χ2n) is 4.81. The van der Waals surface area contributed by atoms with Gasteiger partial charge in [0.15, 0.2) is 11.6 Å². The van der Waals surface area contributed by atoms with Crippen molar-refractivity contribution in [3.05, 3.63) is 60.3 Å². The maximum atomic E-state index is 13.9. The number of rotatable bonds is 3. The van der Waals surface area contributed by atoms with Crippen molar-refractivity contribution in [2.24, 2.45) is 0 Å². The van der Waals surface area contributed by atoms with Crippen molar-refractivity contribution in [2.45, 2.75) is 6.92 Å². The van der Waals surface area contributed by atoms with Crippen LogP contribution in [-0.2, 0) is 0 Å². The molecule has 0 atom stereocenters. The first kappa shape index (κ1) is 13.4. The summed E-state index contributed by atoms with van der Waals surface area (Å²) in [4.78, 5) is 7.26. The Morgan fingerprint density at radius 1 is 1.10 bits per heavy atom. The topological polar surface area (TPSA) is 37.9 Å². The standard InChI is InChI=1S/C17H15FN2O/c1-11-10-20-17(16(11)12-5-7-19-8-6-12)13-3-4-15(21-2)14(18)9-13/h3-10,20H,1-2H3. The molecule has 4 heteroatoms. The molecule has 21 heavy (non-hydrogen) atoms. The number of H-pyrrole nitrogens is 1. The van der Waals surface area contributed by atoms with E-state index in [0.717, 1.165) is 27.9 Å². The van der Waals surface area contributed by atoms with Crippen molar-refractivity contribution in [1.29, 1.82) is 0 Å². The first-order chi connectivity index (χ1) is 10.2. The number of aryl methyl sites for hydroxylation is 1. The summed E-state index contributed by atoms with van der Waals surface area (Å²) < 4.78 is 18.9. The minimum atomic E-state index is -0.372. The number of benzene rings is 1. The van der Waals surface area contributed by atoms with E-state index < -0.39 is 0 Å². The lowest BCUT2D eigenvalue weighted by atomic mass is 9.99. The molecule has 0 unspecified atom stereocenters. The third-order valence-corrected chi connectivity index (χ3v) is 3.49. The number of methoxy groups -OCH3 is 1. The van der Waals surface area contributed by atoms with Crippen LogP contribution in [0, 0.1) is 12.7 Å². The van der Waals surface area contributed by atoms with Crippen molar-refractivity contribution in [1.82, 2.24) is 9.97 Å². The number of nitrogens with zero attached hydrogens (tertiary/aromatic N) is 1. The summed E-state index contributed by atoms with van der Waals surface area (Å²) in [6.07, 6.45) is 5.42. The molecule has 0 aliphatic carbocycles. The first-order valence-corrected chi connectivity index (χ1v) is 6.63. The minimum absolute atomic E-state index is 0.243. The monoisotopic (exact) mass is 282 g/mol. The van der Waals surface area contributed by atoms with Crippen molar-refractivity contribution in [2.75, 3.05) is 7.11 Å². The largest absolute Gasteiger partial charge is 0.494 e. The number of pyridine rings is 1. The predicted octanol–water partition coefficient (Wildman–Crippen LogP) is 4.20. The fourth-order valence-electron chi connectivity index (χ4n) is 2.46. The van der Waals surface area contributed by atoms with Gasteiger partial charge in [0.25, 0.3) is 0 Å². The van der Waals surface area contributed by atoms with Gasteiger partial charge < -0.3 is 9.72 Å². The zero-order valence-corrected chi connectivity index (χ0v) is 11.9. The molecule has 0 spiro atoms. The van der Waals surface area contributed by atoms with E-state index in [-0.39, 0.29) is 11.6 Å². The van der Waals surface area contributed by atoms with Crippen LogP contribution >= 0.6 is 0 Å². The van der Waals surface area contributed by atoms with E-state index >= 15 is 0 Å². The van der Waals surface area contributed by atoms with Gasteiger partial charge in [-0.3, -0.25) is 4.98 Å². The zero-order valence-electron chi connectivity index (χ0n) is 11.9. The summed E-state index contributed by atoms with van der Waals surface area (Å²) in [7, 11) is 1.46. The molecule has 2 aromatic heterocycles. The summed E-state index contributed by atoms with van der Waals surface area (Å²) in [5.74, 6) is -0.129.